The second-order valence-corrected chi connectivity index (χ2v) is 8.46. The number of benzene rings is 2. The molecule has 1 aliphatic carbocycles. The molecule has 0 aromatic heterocycles. The lowest BCUT2D eigenvalue weighted by molar-refractivity contribution is -0.116. The molecule has 1 aliphatic heterocycles. The number of dihydropyridines is 1. The molecule has 1 heterocycles. The van der Waals surface area contributed by atoms with Crippen LogP contribution in [0.4, 0.5) is 15.8 Å². The van der Waals surface area contributed by atoms with E-state index in [0.29, 0.717) is 23.3 Å². The van der Waals surface area contributed by atoms with Gasteiger partial charge in [0.25, 0.3) is 5.91 Å². The van der Waals surface area contributed by atoms with Crippen LogP contribution in [0.1, 0.15) is 51.5 Å². The van der Waals surface area contributed by atoms with Crippen LogP contribution < -0.4 is 15.5 Å². The minimum absolute atomic E-state index is 0.0604. The van der Waals surface area contributed by atoms with Crippen LogP contribution in [-0.4, -0.2) is 24.8 Å². The van der Waals surface area contributed by atoms with Gasteiger partial charge in [0.05, 0.1) is 5.69 Å². The molecule has 172 valence electrons. The lowest BCUT2D eigenvalue weighted by Crippen LogP contribution is -2.35. The van der Waals surface area contributed by atoms with Gasteiger partial charge in [-0.1, -0.05) is 24.3 Å². The molecule has 0 fully saturated rings. The molecule has 0 radical (unpaired) electrons. The van der Waals surface area contributed by atoms with Gasteiger partial charge in [-0.15, -0.1) is 0 Å². The number of ketones is 1. The summed E-state index contributed by atoms with van der Waals surface area (Å²) in [5, 5.41) is 6.02. The molecule has 0 saturated carbocycles. The minimum Gasteiger partial charge on any atom is -0.372 e. The Labute approximate surface area is 194 Å². The summed E-state index contributed by atoms with van der Waals surface area (Å²) in [5.74, 6) is -1.34. The molecule has 1 amide bonds. The Morgan fingerprint density at radius 3 is 2.45 bits per heavy atom. The zero-order chi connectivity index (χ0) is 23.5. The van der Waals surface area contributed by atoms with Gasteiger partial charge in [-0.3, -0.25) is 9.59 Å². The first-order valence-corrected chi connectivity index (χ1v) is 11.6. The normalized spacial score (nSPS) is 18.1. The fourth-order valence-corrected chi connectivity index (χ4v) is 4.84. The number of rotatable bonds is 6. The number of nitrogens with one attached hydrogen (secondary N) is 2. The first-order chi connectivity index (χ1) is 15.9. The number of nitrogens with zero attached hydrogens (tertiary/aromatic N) is 1. The molecule has 4 rings (SSSR count). The van der Waals surface area contributed by atoms with Gasteiger partial charge in [-0.05, 0) is 63.4 Å². The summed E-state index contributed by atoms with van der Waals surface area (Å²) in [4.78, 5) is 28.7. The van der Waals surface area contributed by atoms with Crippen molar-refractivity contribution < 1.29 is 14.0 Å². The summed E-state index contributed by atoms with van der Waals surface area (Å²) in [6, 6.07) is 14.2. The molecular formula is C27H30FN3O2. The average Bonchev–Trinajstić information content (AvgIpc) is 2.81. The SMILES string of the molecule is CCN(CC)c1ccc([C@@H]2C(C(=O)Nc3ccccc3F)=C(C)NC3=C2C(=O)CCC3)cc1. The van der Waals surface area contributed by atoms with E-state index >= 15 is 0 Å². The van der Waals surface area contributed by atoms with Crippen molar-refractivity contribution in [1.82, 2.24) is 5.32 Å². The fraction of sp³-hybridized carbons (Fsp3) is 0.333. The standard InChI is InChI=1S/C27H30FN3O2/c1-4-31(5-2)19-15-13-18(14-16-19)25-24(27(33)30-21-10-7-6-9-20(21)28)17(3)29-22-11-8-12-23(32)26(22)25/h6-7,9-10,13-16,25,29H,4-5,8,11-12H2,1-3H3,(H,30,33)/t25-/m1/s1. The Kier molecular flexibility index (Phi) is 6.63. The van der Waals surface area contributed by atoms with E-state index in [1.54, 1.807) is 12.1 Å². The van der Waals surface area contributed by atoms with Gasteiger partial charge in [-0.25, -0.2) is 4.39 Å². The number of allylic oxidation sites excluding steroid dienone is 3. The highest BCUT2D eigenvalue weighted by Crippen LogP contribution is 2.42. The van der Waals surface area contributed by atoms with Crippen LogP contribution in [0.3, 0.4) is 0 Å². The highest BCUT2D eigenvalue weighted by atomic mass is 19.1. The number of hydrogen-bond acceptors (Lipinski definition) is 4. The highest BCUT2D eigenvalue weighted by Gasteiger charge is 2.38. The van der Waals surface area contributed by atoms with Gasteiger partial charge < -0.3 is 15.5 Å². The lowest BCUT2D eigenvalue weighted by Gasteiger charge is -2.34. The number of amides is 1. The van der Waals surface area contributed by atoms with Gasteiger partial charge >= 0.3 is 0 Å². The predicted octanol–water partition coefficient (Wildman–Crippen LogP) is 5.28. The number of anilines is 2. The molecule has 0 bridgehead atoms. The molecular weight excluding hydrogens is 417 g/mol. The van der Waals surface area contributed by atoms with Crippen molar-refractivity contribution in [2.75, 3.05) is 23.3 Å². The Morgan fingerprint density at radius 2 is 1.79 bits per heavy atom. The van der Waals surface area contributed by atoms with Crippen molar-refractivity contribution in [3.05, 3.63) is 82.5 Å². The van der Waals surface area contributed by atoms with E-state index < -0.39 is 17.6 Å². The van der Waals surface area contributed by atoms with Crippen LogP contribution in [0.2, 0.25) is 0 Å². The van der Waals surface area contributed by atoms with Crippen molar-refractivity contribution >= 4 is 23.1 Å². The summed E-state index contributed by atoms with van der Waals surface area (Å²) in [7, 11) is 0. The van der Waals surface area contributed by atoms with Gasteiger partial charge in [0.2, 0.25) is 0 Å². The number of carbonyl (C=O) groups is 2. The second kappa shape index (κ2) is 9.61. The van der Waals surface area contributed by atoms with Crippen molar-refractivity contribution in [2.45, 2.75) is 46.0 Å². The van der Waals surface area contributed by atoms with Crippen LogP contribution in [0, 0.1) is 5.82 Å². The predicted molar refractivity (Wildman–Crippen MR) is 129 cm³/mol. The summed E-state index contributed by atoms with van der Waals surface area (Å²) >= 11 is 0. The van der Waals surface area contributed by atoms with Crippen LogP contribution in [-0.2, 0) is 9.59 Å². The van der Waals surface area contributed by atoms with Crippen molar-refractivity contribution in [3.63, 3.8) is 0 Å². The first kappa shape index (κ1) is 22.8. The van der Waals surface area contributed by atoms with E-state index in [9.17, 15) is 14.0 Å². The number of halogens is 1. The molecule has 33 heavy (non-hydrogen) atoms. The van der Waals surface area contributed by atoms with Crippen molar-refractivity contribution in [1.29, 1.82) is 0 Å². The Morgan fingerprint density at radius 1 is 1.09 bits per heavy atom. The first-order valence-electron chi connectivity index (χ1n) is 11.6. The molecule has 2 aromatic rings. The molecule has 5 nitrogen and oxygen atoms in total. The van der Waals surface area contributed by atoms with Crippen molar-refractivity contribution in [2.24, 2.45) is 0 Å². The Bertz CT molecular complexity index is 1130. The molecule has 0 saturated heterocycles. The minimum atomic E-state index is -0.498. The van der Waals surface area contributed by atoms with Gasteiger partial charge in [-0.2, -0.15) is 0 Å². The average molecular weight is 448 g/mol. The maximum atomic E-state index is 14.2. The zero-order valence-electron chi connectivity index (χ0n) is 19.4. The van der Waals surface area contributed by atoms with Crippen LogP contribution in [0.5, 0.6) is 0 Å². The van der Waals surface area contributed by atoms with Gasteiger partial charge in [0, 0.05) is 53.7 Å². The third kappa shape index (κ3) is 4.42. The molecule has 2 aliphatic rings. The van der Waals surface area contributed by atoms with E-state index in [2.05, 4.69) is 29.4 Å². The third-order valence-corrected chi connectivity index (χ3v) is 6.50. The maximum absolute atomic E-state index is 14.2. The smallest absolute Gasteiger partial charge is 0.254 e. The van der Waals surface area contributed by atoms with Gasteiger partial charge in [0.1, 0.15) is 5.82 Å². The number of Topliss-reactive ketones (excluding diaryl/α,β-unsaturated/α-hetero) is 1. The number of carbonyl (C=O) groups excluding carboxylic acids is 2. The van der Waals surface area contributed by atoms with E-state index in [1.807, 2.05) is 31.2 Å². The number of para-hydroxylation sites is 1. The molecule has 0 unspecified atom stereocenters. The largest absolute Gasteiger partial charge is 0.372 e. The lowest BCUT2D eigenvalue weighted by atomic mass is 9.75. The molecule has 0 spiro atoms. The van der Waals surface area contributed by atoms with E-state index in [0.717, 1.165) is 42.9 Å². The topological polar surface area (TPSA) is 61.4 Å². The van der Waals surface area contributed by atoms with E-state index in [4.69, 9.17) is 0 Å². The second-order valence-electron chi connectivity index (χ2n) is 8.46. The fourth-order valence-electron chi connectivity index (χ4n) is 4.84. The maximum Gasteiger partial charge on any atom is 0.254 e. The van der Waals surface area contributed by atoms with E-state index in [-0.39, 0.29) is 11.5 Å². The molecule has 6 heteroatoms. The van der Waals surface area contributed by atoms with Gasteiger partial charge in [0.15, 0.2) is 5.78 Å². The monoisotopic (exact) mass is 447 g/mol. The van der Waals surface area contributed by atoms with Crippen LogP contribution in [0.15, 0.2) is 71.1 Å². The Balaban J connectivity index is 1.77. The van der Waals surface area contributed by atoms with E-state index in [1.165, 1.54) is 12.1 Å². The number of hydrogen-bond donors (Lipinski definition) is 2. The Hall–Kier alpha value is -3.41. The third-order valence-electron chi connectivity index (χ3n) is 6.50. The molecule has 2 aromatic carbocycles. The van der Waals surface area contributed by atoms with Crippen LogP contribution in [0.25, 0.3) is 0 Å². The summed E-state index contributed by atoms with van der Waals surface area (Å²) in [6.07, 6.45) is 2.03. The van der Waals surface area contributed by atoms with Crippen molar-refractivity contribution in [3.8, 4) is 0 Å². The summed E-state index contributed by atoms with van der Waals surface area (Å²) in [6.45, 7) is 7.85. The zero-order valence-corrected chi connectivity index (χ0v) is 19.4. The quantitative estimate of drug-likeness (QED) is 0.633. The summed E-state index contributed by atoms with van der Waals surface area (Å²) in [5.41, 5.74) is 4.78. The molecule has 1 atom stereocenters. The molecule has 2 N–H and O–H groups in total. The highest BCUT2D eigenvalue weighted by molar-refractivity contribution is 6.09. The summed E-state index contributed by atoms with van der Waals surface area (Å²) < 4.78 is 14.2. The van der Waals surface area contributed by atoms with Crippen LogP contribution >= 0.6 is 0 Å².